The van der Waals surface area contributed by atoms with Gasteiger partial charge in [-0.25, -0.2) is 0 Å². The molecule has 0 aliphatic heterocycles. The number of hydrogen-bond acceptors (Lipinski definition) is 5. The third kappa shape index (κ3) is 5.87. The van der Waals surface area contributed by atoms with Crippen LogP contribution in [0.2, 0.25) is 0 Å². The van der Waals surface area contributed by atoms with Gasteiger partial charge in [-0.05, 0) is 30.2 Å². The summed E-state index contributed by atoms with van der Waals surface area (Å²) in [5.41, 5.74) is 2.34. The number of nitrogens with one attached hydrogen (secondary N) is 1. The molecule has 0 atom stereocenters. The standard InChI is InChI=1S/C14H16I2N2O3S2/c1-10(19)17-5-4-11-9-18(22-15)14-3-2-12(8-13(11)14)20-6-7-21-23-16/h2-3,8-9H,4-7H2,1H3,(H,17,19). The third-order valence-electron chi connectivity index (χ3n) is 3.15. The lowest BCUT2D eigenvalue weighted by Crippen LogP contribution is -2.22. The van der Waals surface area contributed by atoms with Crippen LogP contribution in [0.5, 0.6) is 5.75 Å². The van der Waals surface area contributed by atoms with Crippen LogP contribution in [0.3, 0.4) is 0 Å². The zero-order valence-electron chi connectivity index (χ0n) is 12.4. The highest BCUT2D eigenvalue weighted by atomic mass is 127. The van der Waals surface area contributed by atoms with E-state index in [4.69, 9.17) is 8.92 Å². The Kier molecular flexibility index (Phi) is 8.65. The maximum Gasteiger partial charge on any atom is 0.216 e. The molecule has 5 nitrogen and oxygen atoms in total. The van der Waals surface area contributed by atoms with Gasteiger partial charge in [0, 0.05) is 76.6 Å². The third-order valence-corrected chi connectivity index (χ3v) is 5.89. The molecule has 1 aromatic carbocycles. The van der Waals surface area contributed by atoms with E-state index in [2.05, 4.69) is 70.0 Å². The quantitative estimate of drug-likeness (QED) is 0.269. The summed E-state index contributed by atoms with van der Waals surface area (Å²) in [5, 5.41) is 4.00. The lowest BCUT2D eigenvalue weighted by atomic mass is 10.1. The average Bonchev–Trinajstić information content (AvgIpc) is 2.89. The normalized spacial score (nSPS) is 10.9. The minimum atomic E-state index is -0.00541. The zero-order chi connectivity index (χ0) is 16.7. The fourth-order valence-electron chi connectivity index (χ4n) is 2.19. The molecule has 1 amide bonds. The molecule has 126 valence electrons. The molecule has 1 heterocycles. The molecular formula is C14H16I2N2O3S2. The summed E-state index contributed by atoms with van der Waals surface area (Å²) in [6.07, 6.45) is 2.90. The van der Waals surface area contributed by atoms with Gasteiger partial charge in [-0.1, -0.05) is 0 Å². The second kappa shape index (κ2) is 10.2. The predicted molar refractivity (Wildman–Crippen MR) is 114 cm³/mol. The molecule has 2 aromatic rings. The van der Waals surface area contributed by atoms with Gasteiger partial charge >= 0.3 is 0 Å². The Labute approximate surface area is 168 Å². The van der Waals surface area contributed by atoms with E-state index in [9.17, 15) is 4.79 Å². The van der Waals surface area contributed by atoms with Crippen LogP contribution in [0.15, 0.2) is 24.4 Å². The molecule has 0 saturated heterocycles. The van der Waals surface area contributed by atoms with Crippen LogP contribution in [0, 0.1) is 0 Å². The minimum absolute atomic E-state index is 0.00541. The summed E-state index contributed by atoms with van der Waals surface area (Å²) in [7, 11) is 2.93. The summed E-state index contributed by atoms with van der Waals surface area (Å²) < 4.78 is 13.0. The number of halogens is 2. The first-order valence-electron chi connectivity index (χ1n) is 6.86. The van der Waals surface area contributed by atoms with Gasteiger partial charge in [0.25, 0.3) is 0 Å². The second-order valence-electron chi connectivity index (χ2n) is 4.69. The van der Waals surface area contributed by atoms with Crippen LogP contribution in [-0.4, -0.2) is 29.6 Å². The number of amides is 1. The number of aromatic nitrogens is 1. The van der Waals surface area contributed by atoms with Crippen molar-refractivity contribution in [2.75, 3.05) is 19.8 Å². The summed E-state index contributed by atoms with van der Waals surface area (Å²) in [4.78, 5) is 11.0. The number of fused-ring (bicyclic) bond motifs is 1. The van der Waals surface area contributed by atoms with Crippen molar-refractivity contribution in [3.63, 3.8) is 0 Å². The fourth-order valence-corrected chi connectivity index (χ4v) is 4.24. The molecule has 0 spiro atoms. The highest BCUT2D eigenvalue weighted by Crippen LogP contribution is 2.31. The van der Waals surface area contributed by atoms with Gasteiger partial charge in [-0.15, -0.1) is 0 Å². The first kappa shape index (κ1) is 19.5. The van der Waals surface area contributed by atoms with E-state index in [-0.39, 0.29) is 5.91 Å². The topological polar surface area (TPSA) is 52.5 Å². The number of carbonyl (C=O) groups is 1. The van der Waals surface area contributed by atoms with E-state index in [0.29, 0.717) is 19.8 Å². The molecule has 0 aliphatic rings. The Balaban J connectivity index is 2.14. The molecule has 23 heavy (non-hydrogen) atoms. The van der Waals surface area contributed by atoms with Gasteiger partial charge in [0.1, 0.15) is 12.4 Å². The minimum Gasteiger partial charge on any atom is -0.491 e. The van der Waals surface area contributed by atoms with E-state index in [1.165, 1.54) is 21.7 Å². The van der Waals surface area contributed by atoms with Gasteiger partial charge in [-0.3, -0.25) is 8.77 Å². The van der Waals surface area contributed by atoms with Crippen LogP contribution in [0.4, 0.5) is 0 Å². The van der Waals surface area contributed by atoms with Crippen LogP contribution < -0.4 is 10.1 Å². The average molecular weight is 578 g/mol. The molecule has 0 saturated carbocycles. The van der Waals surface area contributed by atoms with Crippen LogP contribution in [0.1, 0.15) is 12.5 Å². The van der Waals surface area contributed by atoms with Crippen LogP contribution in [-0.2, 0) is 15.4 Å². The molecule has 0 fully saturated rings. The molecule has 1 aromatic heterocycles. The van der Waals surface area contributed by atoms with E-state index < -0.39 is 0 Å². The first-order chi connectivity index (χ1) is 11.2. The number of ether oxygens (including phenoxy) is 1. The number of benzene rings is 1. The van der Waals surface area contributed by atoms with Crippen molar-refractivity contribution >= 4 is 77.6 Å². The smallest absolute Gasteiger partial charge is 0.216 e. The Morgan fingerprint density at radius 3 is 2.87 bits per heavy atom. The van der Waals surface area contributed by atoms with Gasteiger partial charge in [0.05, 0.1) is 21.3 Å². The fraction of sp³-hybridized carbons (Fsp3) is 0.357. The number of carbonyl (C=O) groups excluding carboxylic acids is 1. The van der Waals surface area contributed by atoms with Crippen molar-refractivity contribution in [3.8, 4) is 5.75 Å². The SMILES string of the molecule is CC(=O)NCCc1cn(SI)c2ccc(OCCOSI)cc12. The summed E-state index contributed by atoms with van der Waals surface area (Å²) in [5.74, 6) is 0.825. The Morgan fingerprint density at radius 2 is 2.17 bits per heavy atom. The lowest BCUT2D eigenvalue weighted by Gasteiger charge is -2.07. The molecule has 2 rings (SSSR count). The molecule has 1 N–H and O–H groups in total. The largest absolute Gasteiger partial charge is 0.491 e. The van der Waals surface area contributed by atoms with Gasteiger partial charge in [0.2, 0.25) is 5.91 Å². The number of nitrogens with zero attached hydrogens (tertiary/aromatic N) is 1. The molecule has 9 heteroatoms. The van der Waals surface area contributed by atoms with E-state index in [0.717, 1.165) is 23.1 Å². The van der Waals surface area contributed by atoms with Gasteiger partial charge in [0.15, 0.2) is 0 Å². The molecule has 0 radical (unpaired) electrons. The highest BCUT2D eigenvalue weighted by molar-refractivity contribution is 14.2. The van der Waals surface area contributed by atoms with Crippen molar-refractivity contribution < 1.29 is 13.7 Å². The van der Waals surface area contributed by atoms with Crippen molar-refractivity contribution in [3.05, 3.63) is 30.0 Å². The van der Waals surface area contributed by atoms with E-state index >= 15 is 0 Å². The first-order valence-corrected chi connectivity index (χ1v) is 13.5. The van der Waals surface area contributed by atoms with Crippen molar-refractivity contribution in [1.29, 1.82) is 0 Å². The summed E-state index contributed by atoms with van der Waals surface area (Å²) in [6, 6.07) is 6.09. The predicted octanol–water partition coefficient (Wildman–Crippen LogP) is 4.56. The number of hydrogen-bond donors (Lipinski definition) is 1. The van der Waals surface area contributed by atoms with E-state index in [1.807, 2.05) is 6.07 Å². The molecule has 0 unspecified atom stereocenters. The molecule has 0 bridgehead atoms. The highest BCUT2D eigenvalue weighted by Gasteiger charge is 2.10. The van der Waals surface area contributed by atoms with E-state index in [1.54, 1.807) is 9.12 Å². The van der Waals surface area contributed by atoms with Crippen molar-refractivity contribution in [1.82, 2.24) is 9.29 Å². The summed E-state index contributed by atoms with van der Waals surface area (Å²) >= 11 is 4.35. The van der Waals surface area contributed by atoms with Gasteiger partial charge < -0.3 is 14.2 Å². The van der Waals surface area contributed by atoms with Crippen molar-refractivity contribution in [2.24, 2.45) is 0 Å². The monoisotopic (exact) mass is 578 g/mol. The van der Waals surface area contributed by atoms with Crippen molar-refractivity contribution in [2.45, 2.75) is 13.3 Å². The maximum atomic E-state index is 11.0. The summed E-state index contributed by atoms with van der Waals surface area (Å²) in [6.45, 7) is 3.23. The Bertz CT molecular complexity index is 667. The maximum absolute atomic E-state index is 11.0. The Hall–Kier alpha value is 0.150. The Morgan fingerprint density at radius 1 is 1.35 bits per heavy atom. The van der Waals surface area contributed by atoms with Crippen LogP contribution >= 0.6 is 60.7 Å². The molecular weight excluding hydrogens is 562 g/mol. The van der Waals surface area contributed by atoms with Crippen LogP contribution in [0.25, 0.3) is 10.9 Å². The molecule has 0 aliphatic carbocycles. The number of rotatable bonds is 9. The second-order valence-corrected chi connectivity index (χ2v) is 7.85. The zero-order valence-corrected chi connectivity index (χ0v) is 18.3. The van der Waals surface area contributed by atoms with Gasteiger partial charge in [-0.2, -0.15) is 0 Å². The lowest BCUT2D eigenvalue weighted by molar-refractivity contribution is -0.118.